The van der Waals surface area contributed by atoms with Crippen LogP contribution in [0.1, 0.15) is 37.4 Å². The molecule has 1 aliphatic heterocycles. The molecule has 106 valence electrons. The van der Waals surface area contributed by atoms with E-state index in [-0.39, 0.29) is 5.82 Å². The number of nitrogens with zero attached hydrogens (tertiary/aromatic N) is 1. The van der Waals surface area contributed by atoms with Crippen molar-refractivity contribution in [2.24, 2.45) is 5.92 Å². The van der Waals surface area contributed by atoms with Crippen LogP contribution in [0.15, 0.2) is 18.2 Å². The Balaban J connectivity index is 2.22. The molecule has 0 radical (unpaired) electrons. The van der Waals surface area contributed by atoms with E-state index in [0.717, 1.165) is 38.2 Å². The highest BCUT2D eigenvalue weighted by Gasteiger charge is 2.23. The van der Waals surface area contributed by atoms with Gasteiger partial charge in [0.05, 0.1) is 0 Å². The van der Waals surface area contributed by atoms with Gasteiger partial charge in [-0.15, -0.1) is 0 Å². The predicted octanol–water partition coefficient (Wildman–Crippen LogP) is 3.13. The summed E-state index contributed by atoms with van der Waals surface area (Å²) in [6, 6.07) is 6.00. The second-order valence-electron chi connectivity index (χ2n) is 5.94. The number of benzene rings is 1. The Morgan fingerprint density at radius 2 is 1.95 bits per heavy atom. The summed E-state index contributed by atoms with van der Waals surface area (Å²) in [7, 11) is 0. The molecule has 1 N–H and O–H groups in total. The quantitative estimate of drug-likeness (QED) is 0.899. The number of piperazine rings is 1. The van der Waals surface area contributed by atoms with Gasteiger partial charge in [0.25, 0.3) is 0 Å². The molecule has 1 aromatic rings. The largest absolute Gasteiger partial charge is 0.314 e. The van der Waals surface area contributed by atoms with E-state index in [9.17, 15) is 4.39 Å². The first-order valence-corrected chi connectivity index (χ1v) is 7.28. The van der Waals surface area contributed by atoms with Crippen molar-refractivity contribution in [1.29, 1.82) is 0 Å². The van der Waals surface area contributed by atoms with Crippen LogP contribution >= 0.6 is 0 Å². The number of nitrogens with one attached hydrogen (secondary N) is 1. The van der Waals surface area contributed by atoms with Gasteiger partial charge in [0.15, 0.2) is 0 Å². The van der Waals surface area contributed by atoms with Gasteiger partial charge >= 0.3 is 0 Å². The Hall–Kier alpha value is -0.930. The third-order valence-corrected chi connectivity index (χ3v) is 3.85. The van der Waals surface area contributed by atoms with Crippen LogP contribution in [0.3, 0.4) is 0 Å². The van der Waals surface area contributed by atoms with Crippen LogP contribution in [0.4, 0.5) is 4.39 Å². The molecule has 0 aliphatic carbocycles. The van der Waals surface area contributed by atoms with Gasteiger partial charge in [0.2, 0.25) is 0 Å². The number of rotatable bonds is 4. The zero-order valence-corrected chi connectivity index (χ0v) is 12.2. The molecule has 1 atom stereocenters. The summed E-state index contributed by atoms with van der Waals surface area (Å²) in [5.74, 6) is 0.539. The molecule has 1 aromatic carbocycles. The lowest BCUT2D eigenvalue weighted by atomic mass is 9.94. The van der Waals surface area contributed by atoms with Crippen LogP contribution in [0, 0.1) is 18.7 Å². The molecular weight excluding hydrogens is 239 g/mol. The van der Waals surface area contributed by atoms with E-state index >= 15 is 0 Å². The number of aryl methyl sites for hydroxylation is 1. The van der Waals surface area contributed by atoms with E-state index < -0.39 is 0 Å². The molecule has 1 aliphatic rings. The highest BCUT2D eigenvalue weighted by molar-refractivity contribution is 5.26. The summed E-state index contributed by atoms with van der Waals surface area (Å²) in [5.41, 5.74) is 2.01. The average molecular weight is 264 g/mol. The van der Waals surface area contributed by atoms with Crippen molar-refractivity contribution in [2.75, 3.05) is 26.2 Å². The Kier molecular flexibility index (Phi) is 4.94. The van der Waals surface area contributed by atoms with E-state index in [0.29, 0.717) is 12.0 Å². The van der Waals surface area contributed by atoms with Gasteiger partial charge in [0.1, 0.15) is 5.82 Å². The van der Waals surface area contributed by atoms with E-state index in [1.165, 1.54) is 5.56 Å². The lowest BCUT2D eigenvalue weighted by Gasteiger charge is -2.36. The fourth-order valence-electron chi connectivity index (χ4n) is 2.81. The first-order chi connectivity index (χ1) is 9.08. The Labute approximate surface area is 116 Å². The lowest BCUT2D eigenvalue weighted by molar-refractivity contribution is 0.154. The van der Waals surface area contributed by atoms with Gasteiger partial charge in [-0.25, -0.2) is 4.39 Å². The van der Waals surface area contributed by atoms with Crippen LogP contribution in [0.2, 0.25) is 0 Å². The van der Waals surface area contributed by atoms with Gasteiger partial charge in [-0.3, -0.25) is 4.90 Å². The summed E-state index contributed by atoms with van der Waals surface area (Å²) in [6.07, 6.45) is 1.13. The molecule has 19 heavy (non-hydrogen) atoms. The molecule has 2 rings (SSSR count). The van der Waals surface area contributed by atoms with Crippen LogP contribution in [0.25, 0.3) is 0 Å². The summed E-state index contributed by atoms with van der Waals surface area (Å²) in [4.78, 5) is 2.53. The van der Waals surface area contributed by atoms with Crippen LogP contribution < -0.4 is 5.32 Å². The van der Waals surface area contributed by atoms with Gasteiger partial charge in [-0.05, 0) is 36.5 Å². The van der Waals surface area contributed by atoms with E-state index in [4.69, 9.17) is 0 Å². The fourth-order valence-corrected chi connectivity index (χ4v) is 2.81. The van der Waals surface area contributed by atoms with Crippen molar-refractivity contribution in [3.63, 3.8) is 0 Å². The van der Waals surface area contributed by atoms with Crippen molar-refractivity contribution in [3.05, 3.63) is 35.1 Å². The van der Waals surface area contributed by atoms with Crippen molar-refractivity contribution >= 4 is 0 Å². The van der Waals surface area contributed by atoms with Gasteiger partial charge in [-0.1, -0.05) is 26.0 Å². The minimum Gasteiger partial charge on any atom is -0.314 e. The van der Waals surface area contributed by atoms with Crippen molar-refractivity contribution < 1.29 is 4.39 Å². The molecule has 0 spiro atoms. The molecule has 1 heterocycles. The summed E-state index contributed by atoms with van der Waals surface area (Å²) >= 11 is 0. The van der Waals surface area contributed by atoms with Crippen LogP contribution in [0.5, 0.6) is 0 Å². The van der Waals surface area contributed by atoms with Crippen LogP contribution in [-0.4, -0.2) is 31.1 Å². The van der Waals surface area contributed by atoms with E-state index in [1.54, 1.807) is 6.07 Å². The average Bonchev–Trinajstić information content (AvgIpc) is 2.40. The first kappa shape index (κ1) is 14.5. The smallest absolute Gasteiger partial charge is 0.126 e. The molecule has 0 aromatic heterocycles. The minimum absolute atomic E-state index is 0.104. The Bertz CT molecular complexity index is 411. The molecule has 1 saturated heterocycles. The lowest BCUT2D eigenvalue weighted by Crippen LogP contribution is -2.45. The Morgan fingerprint density at radius 1 is 1.26 bits per heavy atom. The molecule has 3 heteroatoms. The summed E-state index contributed by atoms with van der Waals surface area (Å²) < 4.78 is 13.4. The molecule has 0 unspecified atom stereocenters. The monoisotopic (exact) mass is 264 g/mol. The van der Waals surface area contributed by atoms with Crippen molar-refractivity contribution in [3.8, 4) is 0 Å². The van der Waals surface area contributed by atoms with Gasteiger partial charge < -0.3 is 5.32 Å². The number of halogens is 1. The standard InChI is InChI=1S/C16H25FN2/c1-12(2)10-16(19-8-6-18-7-9-19)14-4-5-15(17)13(3)11-14/h4-5,11-12,16,18H,6-10H2,1-3H3/t16-/m0/s1. The van der Waals surface area contributed by atoms with E-state index in [1.807, 2.05) is 19.1 Å². The molecule has 0 amide bonds. The van der Waals surface area contributed by atoms with Gasteiger partial charge in [-0.2, -0.15) is 0 Å². The maximum absolute atomic E-state index is 13.4. The third-order valence-electron chi connectivity index (χ3n) is 3.85. The topological polar surface area (TPSA) is 15.3 Å². The Morgan fingerprint density at radius 3 is 2.53 bits per heavy atom. The second kappa shape index (κ2) is 6.49. The summed E-state index contributed by atoms with van der Waals surface area (Å²) in [5, 5.41) is 3.39. The zero-order chi connectivity index (χ0) is 13.8. The van der Waals surface area contributed by atoms with Crippen molar-refractivity contribution in [2.45, 2.75) is 33.2 Å². The maximum atomic E-state index is 13.4. The molecule has 0 bridgehead atoms. The molecule has 1 fully saturated rings. The zero-order valence-electron chi connectivity index (χ0n) is 12.2. The molecular formula is C16H25FN2. The van der Waals surface area contributed by atoms with Crippen molar-refractivity contribution in [1.82, 2.24) is 10.2 Å². The normalized spacial score (nSPS) is 18.8. The SMILES string of the molecule is Cc1cc([C@H](CC(C)C)N2CCNCC2)ccc1F. The first-order valence-electron chi connectivity index (χ1n) is 7.28. The number of hydrogen-bond acceptors (Lipinski definition) is 2. The maximum Gasteiger partial charge on any atom is 0.126 e. The predicted molar refractivity (Wildman–Crippen MR) is 77.8 cm³/mol. The third kappa shape index (κ3) is 3.77. The molecule has 0 saturated carbocycles. The molecule has 2 nitrogen and oxygen atoms in total. The summed E-state index contributed by atoms with van der Waals surface area (Å²) in [6.45, 7) is 10.6. The highest BCUT2D eigenvalue weighted by atomic mass is 19.1. The fraction of sp³-hybridized carbons (Fsp3) is 0.625. The van der Waals surface area contributed by atoms with Crippen LogP contribution in [-0.2, 0) is 0 Å². The number of hydrogen-bond donors (Lipinski definition) is 1. The second-order valence-corrected chi connectivity index (χ2v) is 5.94. The van der Waals surface area contributed by atoms with Gasteiger partial charge in [0, 0.05) is 32.2 Å². The minimum atomic E-state index is -0.104. The highest BCUT2D eigenvalue weighted by Crippen LogP contribution is 2.29. The van der Waals surface area contributed by atoms with E-state index in [2.05, 4.69) is 24.1 Å².